The van der Waals surface area contributed by atoms with Crippen molar-refractivity contribution in [2.45, 2.75) is 13.1 Å². The molecule has 5 rings (SSSR count). The van der Waals surface area contributed by atoms with Crippen LogP contribution in [0.15, 0.2) is 71.2 Å². The number of aliphatic imine (C=N–C) groups is 1. The Balaban J connectivity index is 1.61. The fourth-order valence-electron chi connectivity index (χ4n) is 4.29. The number of rotatable bonds is 2. The van der Waals surface area contributed by atoms with E-state index in [1.165, 1.54) is 30.4 Å². The molecule has 3 aromatic rings. The Morgan fingerprint density at radius 2 is 1.53 bits per heavy atom. The Morgan fingerprint density at radius 1 is 0.938 bits per heavy atom. The van der Waals surface area contributed by atoms with Crippen molar-refractivity contribution in [1.82, 2.24) is 4.90 Å². The van der Waals surface area contributed by atoms with Gasteiger partial charge in [0.2, 0.25) is 0 Å². The third-order valence-electron chi connectivity index (χ3n) is 6.01. The van der Waals surface area contributed by atoms with E-state index in [2.05, 4.69) is 83.7 Å². The summed E-state index contributed by atoms with van der Waals surface area (Å²) in [6.45, 7) is 4.82. The topological polar surface area (TPSA) is 53.0 Å². The molecule has 0 atom stereocenters. The summed E-state index contributed by atoms with van der Waals surface area (Å²) in [5.41, 5.74) is 2.66. The minimum absolute atomic E-state index is 0.152. The molecule has 0 aliphatic carbocycles. The number of amides is 2. The first kappa shape index (κ1) is 21.9. The molecule has 0 spiro atoms. The van der Waals surface area contributed by atoms with E-state index in [-0.39, 0.29) is 11.5 Å². The standard InChI is InChI=1S/C24H20N3O2SiTe2/c1-26-23(29)16(22(28)25-24(26)31)14-15-12-13-21(32-15)27-17-8-4-6-10-19(17)30(2,3)20-11-7-5-9-18(20)27/h4-14H,1-3H3/b16-14+. The van der Waals surface area contributed by atoms with Gasteiger partial charge in [0.25, 0.3) is 0 Å². The third-order valence-corrected chi connectivity index (χ3v) is 13.5. The van der Waals surface area contributed by atoms with Gasteiger partial charge in [0.15, 0.2) is 0 Å². The molecule has 8 heteroatoms. The van der Waals surface area contributed by atoms with E-state index >= 15 is 0 Å². The molecule has 32 heavy (non-hydrogen) atoms. The number of fused-ring (bicyclic) bond motifs is 2. The summed E-state index contributed by atoms with van der Waals surface area (Å²) in [7, 11) is -0.148. The van der Waals surface area contributed by atoms with Crippen LogP contribution in [0, 0.1) is 0 Å². The second-order valence-corrected chi connectivity index (χ2v) is 16.8. The molecule has 2 aliphatic rings. The molecular formula is C24H20N3O2SiTe2. The van der Waals surface area contributed by atoms with E-state index in [1.807, 2.05) is 0 Å². The van der Waals surface area contributed by atoms with Gasteiger partial charge in [-0.1, -0.05) is 0 Å². The second kappa shape index (κ2) is 8.13. The van der Waals surface area contributed by atoms with Gasteiger partial charge in [0.05, 0.1) is 0 Å². The van der Waals surface area contributed by atoms with Crippen molar-refractivity contribution in [2.24, 2.45) is 4.99 Å². The van der Waals surface area contributed by atoms with Crippen LogP contribution in [0.2, 0.25) is 13.1 Å². The molecule has 0 unspecified atom stereocenters. The SMILES string of the molecule is CN1C(=O)/C(=C/c2ccc(N3c4ccccc4[Si](C)(C)c4ccccc43)[te]2)C(=O)N=C1[Te]. The maximum atomic E-state index is 12.6. The van der Waals surface area contributed by atoms with Crippen molar-refractivity contribution >= 4 is 98.0 Å². The van der Waals surface area contributed by atoms with Gasteiger partial charge in [0, 0.05) is 0 Å². The number of anilines is 3. The predicted molar refractivity (Wildman–Crippen MR) is 134 cm³/mol. The molecule has 2 aliphatic heterocycles. The summed E-state index contributed by atoms with van der Waals surface area (Å²) in [5.74, 6) is -0.732. The summed E-state index contributed by atoms with van der Waals surface area (Å²) in [6.07, 6.45) is 1.75. The first-order valence-electron chi connectivity index (χ1n) is 10.2. The van der Waals surface area contributed by atoms with Crippen LogP contribution >= 0.6 is 0 Å². The van der Waals surface area contributed by atoms with Crippen LogP contribution in [0.25, 0.3) is 6.08 Å². The van der Waals surface area contributed by atoms with Crippen molar-refractivity contribution in [3.8, 4) is 0 Å². The van der Waals surface area contributed by atoms with Crippen LogP contribution in [0.4, 0.5) is 15.1 Å². The van der Waals surface area contributed by atoms with Crippen molar-refractivity contribution in [2.75, 3.05) is 11.9 Å². The number of hydrogen-bond acceptors (Lipinski definition) is 3. The maximum absolute atomic E-state index is 12.6. The van der Waals surface area contributed by atoms with Gasteiger partial charge in [-0.15, -0.1) is 0 Å². The summed E-state index contributed by atoms with van der Waals surface area (Å²) in [6, 6.07) is 21.6. The summed E-state index contributed by atoms with van der Waals surface area (Å²) < 4.78 is 2.76. The molecular weight excluding hydrogens is 646 g/mol. The zero-order valence-corrected chi connectivity index (χ0v) is 23.5. The minimum atomic E-state index is -1.80. The molecule has 0 saturated carbocycles. The fraction of sp³-hybridized carbons (Fsp3) is 0.125. The summed E-state index contributed by atoms with van der Waals surface area (Å²) in [5, 5.41) is 2.87. The van der Waals surface area contributed by atoms with E-state index < -0.39 is 34.4 Å². The van der Waals surface area contributed by atoms with Crippen LogP contribution in [0.1, 0.15) is 3.58 Å². The number of carbonyl (C=O) groups is 2. The molecule has 0 N–H and O–H groups in total. The van der Waals surface area contributed by atoms with Gasteiger partial charge in [-0.2, -0.15) is 0 Å². The molecule has 0 fully saturated rings. The Hall–Kier alpha value is -1.93. The fourth-order valence-corrected chi connectivity index (χ4v) is 10.5. The summed E-state index contributed by atoms with van der Waals surface area (Å²) in [4.78, 5) is 32.9. The number of nitrogens with zero attached hydrogens (tertiary/aromatic N) is 3. The van der Waals surface area contributed by atoms with Crippen molar-refractivity contribution in [1.29, 1.82) is 0 Å². The van der Waals surface area contributed by atoms with Crippen LogP contribution in [-0.4, -0.2) is 78.4 Å². The zero-order chi connectivity index (χ0) is 22.6. The van der Waals surface area contributed by atoms with E-state index in [1.54, 1.807) is 35.4 Å². The van der Waals surface area contributed by atoms with Gasteiger partial charge in [0.1, 0.15) is 0 Å². The number of likely N-dealkylation sites (N-methyl/N-ethyl adjacent to an activating group) is 1. The van der Waals surface area contributed by atoms with Crippen molar-refractivity contribution in [3.05, 3.63) is 69.8 Å². The molecule has 2 aromatic carbocycles. The Bertz CT molecular complexity index is 1290. The first-order chi connectivity index (χ1) is 15.3. The van der Waals surface area contributed by atoms with Gasteiger partial charge in [-0.3, -0.25) is 0 Å². The Kier molecular flexibility index (Phi) is 5.56. The van der Waals surface area contributed by atoms with Crippen molar-refractivity contribution in [3.63, 3.8) is 0 Å². The van der Waals surface area contributed by atoms with E-state index in [4.69, 9.17) is 0 Å². The first-order valence-corrected chi connectivity index (χ1v) is 16.7. The molecule has 0 saturated heterocycles. The number of amidine groups is 1. The number of hydrogen-bond donors (Lipinski definition) is 0. The molecule has 3 heterocycles. The van der Waals surface area contributed by atoms with Crippen LogP contribution in [-0.2, 0) is 9.59 Å². The van der Waals surface area contributed by atoms with Crippen molar-refractivity contribution < 1.29 is 9.59 Å². The molecule has 2 amide bonds. The third kappa shape index (κ3) is 3.46. The van der Waals surface area contributed by atoms with E-state index in [0.717, 1.165) is 3.58 Å². The molecule has 159 valence electrons. The molecule has 5 nitrogen and oxygen atoms in total. The van der Waals surface area contributed by atoms with Crippen LogP contribution in [0.3, 0.4) is 0 Å². The van der Waals surface area contributed by atoms with Crippen LogP contribution < -0.4 is 15.3 Å². The quantitative estimate of drug-likeness (QED) is 0.240. The van der Waals surface area contributed by atoms with Gasteiger partial charge >= 0.3 is 212 Å². The molecule has 0 bridgehead atoms. The van der Waals surface area contributed by atoms with Crippen LogP contribution in [0.5, 0.6) is 0 Å². The monoisotopic (exact) mass is 670 g/mol. The number of para-hydroxylation sites is 2. The van der Waals surface area contributed by atoms with Gasteiger partial charge in [-0.05, 0) is 0 Å². The van der Waals surface area contributed by atoms with E-state index in [0.29, 0.717) is 3.88 Å². The predicted octanol–water partition coefficient (Wildman–Crippen LogP) is 2.26. The normalized spacial score (nSPS) is 18.5. The zero-order valence-electron chi connectivity index (χ0n) is 17.8. The Morgan fingerprint density at radius 3 is 2.16 bits per heavy atom. The number of carbonyl (C=O) groups excluding carboxylic acids is 2. The van der Waals surface area contributed by atoms with Gasteiger partial charge < -0.3 is 0 Å². The average Bonchev–Trinajstić information content (AvgIpc) is 3.24. The van der Waals surface area contributed by atoms with E-state index in [9.17, 15) is 9.59 Å². The molecule has 1 radical (unpaired) electrons. The summed E-state index contributed by atoms with van der Waals surface area (Å²) >= 11 is 0.798. The second-order valence-electron chi connectivity index (χ2n) is 8.29. The number of benzene rings is 2. The van der Waals surface area contributed by atoms with Gasteiger partial charge in [-0.25, -0.2) is 0 Å². The molecule has 1 aromatic heterocycles. The average molecular weight is 666 g/mol. The Labute approximate surface area is 211 Å².